The van der Waals surface area contributed by atoms with Crippen molar-refractivity contribution in [2.24, 2.45) is 0 Å². The number of fused-ring (bicyclic) bond motifs is 2. The average Bonchev–Trinajstić information content (AvgIpc) is 3.02. The molecule has 0 heterocycles. The Kier molecular flexibility index (Phi) is 8.16. The van der Waals surface area contributed by atoms with Gasteiger partial charge in [0.25, 0.3) is 0 Å². The molecule has 3 aromatic carbocycles. The van der Waals surface area contributed by atoms with Crippen molar-refractivity contribution in [2.45, 2.75) is 39.2 Å². The minimum absolute atomic E-state index is 0.319. The number of aryl methyl sites for hydroxylation is 2. The lowest BCUT2D eigenvalue weighted by atomic mass is 9.94. The normalized spacial score (nSPS) is 13.3. The summed E-state index contributed by atoms with van der Waals surface area (Å²) >= 11 is 0. The van der Waals surface area contributed by atoms with E-state index >= 15 is 0 Å². The van der Waals surface area contributed by atoms with Gasteiger partial charge >= 0.3 is 5.97 Å². The van der Waals surface area contributed by atoms with Crippen LogP contribution in [0.3, 0.4) is 0 Å². The first kappa shape index (κ1) is 23.8. The SMILES string of the molecule is CCOC(=O)C(Cc1ccc(OCC=C2c3ccccc3CCc3ccccc32)cc1)OCC. The van der Waals surface area contributed by atoms with Crippen molar-refractivity contribution in [1.29, 1.82) is 0 Å². The monoisotopic (exact) mass is 456 g/mol. The Morgan fingerprint density at radius 1 is 0.853 bits per heavy atom. The fourth-order valence-electron chi connectivity index (χ4n) is 4.44. The quantitative estimate of drug-likeness (QED) is 0.381. The third-order valence-electron chi connectivity index (χ3n) is 6.08. The molecule has 0 amide bonds. The molecule has 0 saturated carbocycles. The van der Waals surface area contributed by atoms with E-state index in [0.29, 0.717) is 26.2 Å². The van der Waals surface area contributed by atoms with Crippen molar-refractivity contribution in [2.75, 3.05) is 19.8 Å². The molecule has 0 N–H and O–H groups in total. The third kappa shape index (κ3) is 5.75. The molecule has 0 saturated heterocycles. The lowest BCUT2D eigenvalue weighted by molar-refractivity contribution is -0.156. The van der Waals surface area contributed by atoms with E-state index in [2.05, 4.69) is 54.6 Å². The predicted octanol–water partition coefficient (Wildman–Crippen LogP) is 5.81. The molecule has 0 aromatic heterocycles. The van der Waals surface area contributed by atoms with E-state index in [1.807, 2.05) is 31.2 Å². The summed E-state index contributed by atoms with van der Waals surface area (Å²) in [5.74, 6) is 0.472. The molecule has 4 rings (SSSR count). The van der Waals surface area contributed by atoms with Gasteiger partial charge in [-0.15, -0.1) is 0 Å². The van der Waals surface area contributed by atoms with Gasteiger partial charge in [0.2, 0.25) is 0 Å². The number of carbonyl (C=O) groups is 1. The molecule has 0 radical (unpaired) electrons. The summed E-state index contributed by atoms with van der Waals surface area (Å²) < 4.78 is 16.8. The van der Waals surface area contributed by atoms with E-state index in [4.69, 9.17) is 14.2 Å². The third-order valence-corrected chi connectivity index (χ3v) is 6.08. The summed E-state index contributed by atoms with van der Waals surface area (Å²) in [4.78, 5) is 12.1. The maximum atomic E-state index is 12.1. The van der Waals surface area contributed by atoms with Gasteiger partial charge in [0, 0.05) is 13.0 Å². The molecular formula is C30H32O4. The molecule has 34 heavy (non-hydrogen) atoms. The second-order valence-electron chi connectivity index (χ2n) is 8.29. The standard InChI is InChI=1S/C30H32O4/c1-3-32-29(30(31)33-4-2)21-22-13-17-25(18-14-22)34-20-19-28-26-11-7-5-9-23(26)15-16-24-10-6-8-12-27(24)28/h5-14,17-19,29H,3-4,15-16,20-21H2,1-2H3. The Morgan fingerprint density at radius 3 is 2.06 bits per heavy atom. The smallest absolute Gasteiger partial charge is 0.335 e. The maximum absolute atomic E-state index is 12.1. The highest BCUT2D eigenvalue weighted by molar-refractivity contribution is 5.84. The zero-order valence-corrected chi connectivity index (χ0v) is 20.0. The second-order valence-corrected chi connectivity index (χ2v) is 8.29. The molecule has 0 bridgehead atoms. The molecular weight excluding hydrogens is 424 g/mol. The van der Waals surface area contributed by atoms with E-state index in [-0.39, 0.29) is 5.97 Å². The van der Waals surface area contributed by atoms with Crippen LogP contribution in [0.2, 0.25) is 0 Å². The van der Waals surface area contributed by atoms with Crippen LogP contribution in [0, 0.1) is 0 Å². The highest BCUT2D eigenvalue weighted by Gasteiger charge is 2.20. The van der Waals surface area contributed by atoms with Gasteiger partial charge < -0.3 is 14.2 Å². The Hall–Kier alpha value is -3.37. The summed E-state index contributed by atoms with van der Waals surface area (Å²) in [6.07, 6.45) is 4.16. The van der Waals surface area contributed by atoms with E-state index in [1.165, 1.54) is 27.8 Å². The van der Waals surface area contributed by atoms with Crippen molar-refractivity contribution in [3.8, 4) is 5.75 Å². The first-order chi connectivity index (χ1) is 16.7. The second kappa shape index (κ2) is 11.7. The van der Waals surface area contributed by atoms with Crippen LogP contribution in [0.4, 0.5) is 0 Å². The molecule has 0 spiro atoms. The van der Waals surface area contributed by atoms with Crippen LogP contribution in [0.15, 0.2) is 78.9 Å². The topological polar surface area (TPSA) is 44.8 Å². The highest BCUT2D eigenvalue weighted by Crippen LogP contribution is 2.33. The summed E-state index contributed by atoms with van der Waals surface area (Å²) in [5.41, 5.74) is 7.55. The number of hydrogen-bond donors (Lipinski definition) is 0. The molecule has 1 atom stereocenters. The van der Waals surface area contributed by atoms with E-state index in [1.54, 1.807) is 6.92 Å². The Balaban J connectivity index is 1.46. The van der Waals surface area contributed by atoms with Crippen LogP contribution in [-0.4, -0.2) is 31.9 Å². The van der Waals surface area contributed by atoms with Crippen molar-refractivity contribution < 1.29 is 19.0 Å². The van der Waals surface area contributed by atoms with Gasteiger partial charge in [-0.2, -0.15) is 0 Å². The van der Waals surface area contributed by atoms with Crippen LogP contribution in [0.25, 0.3) is 5.57 Å². The largest absolute Gasteiger partial charge is 0.490 e. The lowest BCUT2D eigenvalue weighted by Gasteiger charge is -2.16. The number of hydrogen-bond acceptors (Lipinski definition) is 4. The molecule has 0 fully saturated rings. The van der Waals surface area contributed by atoms with Crippen LogP contribution >= 0.6 is 0 Å². The Labute approximate surface area is 202 Å². The van der Waals surface area contributed by atoms with Crippen LogP contribution in [-0.2, 0) is 33.5 Å². The van der Waals surface area contributed by atoms with Crippen LogP contribution in [0.1, 0.15) is 41.7 Å². The van der Waals surface area contributed by atoms with Crippen LogP contribution < -0.4 is 4.74 Å². The van der Waals surface area contributed by atoms with Gasteiger partial charge in [0.15, 0.2) is 6.10 Å². The Bertz CT molecular complexity index is 1080. The molecule has 4 nitrogen and oxygen atoms in total. The average molecular weight is 457 g/mol. The zero-order valence-electron chi connectivity index (χ0n) is 20.0. The number of carbonyl (C=O) groups excluding carboxylic acids is 1. The summed E-state index contributed by atoms with van der Waals surface area (Å²) in [6, 6.07) is 25.1. The minimum Gasteiger partial charge on any atom is -0.490 e. The van der Waals surface area contributed by atoms with Gasteiger partial charge in [0.1, 0.15) is 12.4 Å². The van der Waals surface area contributed by atoms with Gasteiger partial charge in [-0.1, -0.05) is 60.7 Å². The van der Waals surface area contributed by atoms with Crippen molar-refractivity contribution >= 4 is 11.5 Å². The number of ether oxygens (including phenoxy) is 3. The van der Waals surface area contributed by atoms with Crippen molar-refractivity contribution in [3.63, 3.8) is 0 Å². The molecule has 1 unspecified atom stereocenters. The molecule has 1 aliphatic rings. The van der Waals surface area contributed by atoms with Crippen LogP contribution in [0.5, 0.6) is 5.75 Å². The van der Waals surface area contributed by atoms with E-state index in [9.17, 15) is 4.79 Å². The van der Waals surface area contributed by atoms with E-state index < -0.39 is 6.10 Å². The Morgan fingerprint density at radius 2 is 1.47 bits per heavy atom. The fraction of sp³-hybridized carbons (Fsp3) is 0.300. The maximum Gasteiger partial charge on any atom is 0.335 e. The van der Waals surface area contributed by atoms with Gasteiger partial charge in [-0.05, 0) is 78.3 Å². The predicted molar refractivity (Wildman–Crippen MR) is 135 cm³/mol. The minimum atomic E-state index is -0.586. The van der Waals surface area contributed by atoms with Crippen molar-refractivity contribution in [1.82, 2.24) is 0 Å². The lowest BCUT2D eigenvalue weighted by Crippen LogP contribution is -2.28. The first-order valence-electron chi connectivity index (χ1n) is 12.1. The summed E-state index contributed by atoms with van der Waals surface area (Å²) in [7, 11) is 0. The first-order valence-corrected chi connectivity index (χ1v) is 12.1. The van der Waals surface area contributed by atoms with E-state index in [0.717, 1.165) is 24.2 Å². The van der Waals surface area contributed by atoms with Gasteiger partial charge in [-0.25, -0.2) is 4.79 Å². The number of benzene rings is 3. The molecule has 0 aliphatic heterocycles. The number of esters is 1. The van der Waals surface area contributed by atoms with Crippen molar-refractivity contribution in [3.05, 3.63) is 107 Å². The highest BCUT2D eigenvalue weighted by atomic mass is 16.6. The molecule has 4 heteroatoms. The van der Waals surface area contributed by atoms with Gasteiger partial charge in [-0.3, -0.25) is 0 Å². The molecule has 1 aliphatic carbocycles. The number of rotatable bonds is 9. The summed E-state index contributed by atoms with van der Waals surface area (Å²) in [6.45, 7) is 4.96. The van der Waals surface area contributed by atoms with Gasteiger partial charge in [0.05, 0.1) is 6.61 Å². The molecule has 3 aromatic rings. The summed E-state index contributed by atoms with van der Waals surface area (Å²) in [5, 5.41) is 0. The zero-order chi connectivity index (χ0) is 23.8. The molecule has 176 valence electrons. The fourth-order valence-corrected chi connectivity index (χ4v) is 4.44.